The van der Waals surface area contributed by atoms with E-state index in [0.29, 0.717) is 72.3 Å². The molecule has 218 valence electrons. The van der Waals surface area contributed by atoms with Crippen LogP contribution in [-0.4, -0.2) is 62.8 Å². The number of ketones is 1. The molecular formula is C33H29N4NaO6. The van der Waals surface area contributed by atoms with E-state index >= 15 is 0 Å². The Morgan fingerprint density at radius 2 is 1.89 bits per heavy atom. The third kappa shape index (κ3) is 5.58. The van der Waals surface area contributed by atoms with Crippen molar-refractivity contribution in [3.05, 3.63) is 77.5 Å². The minimum atomic E-state index is -1.32. The van der Waals surface area contributed by atoms with Crippen LogP contribution in [0.1, 0.15) is 81.8 Å². The van der Waals surface area contributed by atoms with Crippen molar-refractivity contribution >= 4 is 28.6 Å². The monoisotopic (exact) mass is 600 g/mol. The number of Topliss-reactive ketones (excluding diaryl/α,β-unsaturated/α-hetero) is 1. The van der Waals surface area contributed by atoms with E-state index in [4.69, 9.17) is 14.5 Å². The molecule has 4 aromatic rings. The fourth-order valence-corrected chi connectivity index (χ4v) is 6.12. The van der Waals surface area contributed by atoms with Gasteiger partial charge in [-0.25, -0.2) is 4.98 Å². The van der Waals surface area contributed by atoms with Crippen LogP contribution in [0.15, 0.2) is 55.0 Å². The molecule has 44 heavy (non-hydrogen) atoms. The number of nitrogens with zero attached hydrogens (tertiary/aromatic N) is 4. The number of pyridine rings is 3. The van der Waals surface area contributed by atoms with E-state index in [9.17, 15) is 19.5 Å². The summed E-state index contributed by atoms with van der Waals surface area (Å²) >= 11 is 0. The van der Waals surface area contributed by atoms with Gasteiger partial charge in [0.1, 0.15) is 22.8 Å². The van der Waals surface area contributed by atoms with Crippen molar-refractivity contribution in [2.24, 2.45) is 0 Å². The number of aromatic nitrogens is 3. The maximum absolute atomic E-state index is 13.7. The Balaban J connectivity index is 0.00000343. The second-order valence-corrected chi connectivity index (χ2v) is 11.4. The first-order valence-corrected chi connectivity index (χ1v) is 14.6. The van der Waals surface area contributed by atoms with E-state index < -0.39 is 11.6 Å². The summed E-state index contributed by atoms with van der Waals surface area (Å²) in [5.41, 5.74) is 2.93. The van der Waals surface area contributed by atoms with Gasteiger partial charge in [0.25, 0.3) is 5.91 Å². The average molecular weight is 601 g/mol. The van der Waals surface area contributed by atoms with Gasteiger partial charge in [-0.2, -0.15) is 0 Å². The van der Waals surface area contributed by atoms with Crippen LogP contribution in [0.4, 0.5) is 0 Å². The largest absolute Gasteiger partial charge is 1.00 e. The number of rotatable bonds is 6. The molecule has 1 amide bonds. The van der Waals surface area contributed by atoms with Crippen molar-refractivity contribution < 1.29 is 58.5 Å². The number of carboxylic acid groups (broad SMARTS) is 1. The van der Waals surface area contributed by atoms with Crippen LogP contribution in [0.25, 0.3) is 22.0 Å². The Morgan fingerprint density at radius 3 is 2.61 bits per heavy atom. The summed E-state index contributed by atoms with van der Waals surface area (Å²) in [5, 5.41) is 12.1. The number of benzene rings is 1. The first-order valence-electron chi connectivity index (χ1n) is 14.6. The average Bonchev–Trinajstić information content (AvgIpc) is 3.86. The number of carboxylic acids is 1. The zero-order valence-electron chi connectivity index (χ0n) is 24.7. The number of hydrogen-bond donors (Lipinski definition) is 0. The fourth-order valence-electron chi connectivity index (χ4n) is 6.12. The molecule has 1 saturated heterocycles. The van der Waals surface area contributed by atoms with E-state index in [1.165, 1.54) is 12.3 Å². The molecule has 0 unspecified atom stereocenters. The van der Waals surface area contributed by atoms with Crippen LogP contribution in [0.3, 0.4) is 0 Å². The number of likely N-dealkylation sites (tertiary alicyclic amines) is 1. The quantitative estimate of drug-likeness (QED) is 0.297. The molecule has 5 heterocycles. The molecule has 7 rings (SSSR count). The van der Waals surface area contributed by atoms with Gasteiger partial charge in [0, 0.05) is 73.0 Å². The minimum Gasteiger partial charge on any atom is -0.545 e. The summed E-state index contributed by atoms with van der Waals surface area (Å²) in [6.07, 6.45) is 7.89. The summed E-state index contributed by atoms with van der Waals surface area (Å²) in [4.78, 5) is 53.4. The number of carbonyl (C=O) groups excluding carboxylic acids is 3. The Labute approximate surface area is 276 Å². The van der Waals surface area contributed by atoms with E-state index in [-0.39, 0.29) is 53.2 Å². The maximum Gasteiger partial charge on any atom is 1.00 e. The number of hydrogen-bond acceptors (Lipinski definition) is 9. The van der Waals surface area contributed by atoms with Gasteiger partial charge in [-0.15, -0.1) is 0 Å². The molecule has 2 fully saturated rings. The Kier molecular flexibility index (Phi) is 8.17. The first-order chi connectivity index (χ1) is 20.8. The number of aromatic carboxylic acids is 1. The molecule has 1 aliphatic carbocycles. The van der Waals surface area contributed by atoms with E-state index in [1.807, 2.05) is 13.0 Å². The first kappa shape index (κ1) is 30.2. The Bertz CT molecular complexity index is 1800. The molecule has 1 saturated carbocycles. The van der Waals surface area contributed by atoms with Crippen LogP contribution in [0.5, 0.6) is 11.5 Å². The summed E-state index contributed by atoms with van der Waals surface area (Å²) in [6.45, 7) is 3.23. The predicted octanol–water partition coefficient (Wildman–Crippen LogP) is 0.976. The predicted molar refractivity (Wildman–Crippen MR) is 154 cm³/mol. The van der Waals surface area contributed by atoms with Crippen LogP contribution in [0.2, 0.25) is 0 Å². The zero-order chi connectivity index (χ0) is 29.7. The number of amides is 1. The van der Waals surface area contributed by atoms with Crippen LogP contribution in [0, 0.1) is 0 Å². The van der Waals surface area contributed by atoms with Gasteiger partial charge in [0.05, 0.1) is 35.8 Å². The van der Waals surface area contributed by atoms with Gasteiger partial charge in [-0.05, 0) is 49.6 Å². The summed E-state index contributed by atoms with van der Waals surface area (Å²) in [6, 6.07) is 10.3. The van der Waals surface area contributed by atoms with Gasteiger partial charge in [-0.1, -0.05) is 6.07 Å². The molecule has 3 aliphatic rings. The summed E-state index contributed by atoms with van der Waals surface area (Å²) in [5.74, 6) is -0.0545. The van der Waals surface area contributed by atoms with Crippen molar-refractivity contribution in [1.82, 2.24) is 19.9 Å². The smallest absolute Gasteiger partial charge is 0.545 e. The standard InChI is InChI=1S/C33H30N4O6.Na/c1-2-42-28-15-25(36-30-23(28)7-10-35-29(30)19-3-4-19)31(39)37-11-8-33(9-12-37)16-26(38)24-14-20(5-6-27(24)43-33)21-13-22(32(40)41)18-34-17-21;/h5-7,10,13-15,17-19H,2-4,8-9,11-12,16H2,1H3,(H,40,41);/q;+1/p-1. The van der Waals surface area contributed by atoms with Gasteiger partial charge in [0.2, 0.25) is 0 Å². The molecule has 1 spiro atoms. The molecule has 0 atom stereocenters. The van der Waals surface area contributed by atoms with E-state index in [0.717, 1.165) is 29.4 Å². The third-order valence-corrected chi connectivity index (χ3v) is 8.56. The summed E-state index contributed by atoms with van der Waals surface area (Å²) < 4.78 is 12.4. The molecule has 10 nitrogen and oxygen atoms in total. The van der Waals surface area contributed by atoms with Crippen LogP contribution >= 0.6 is 0 Å². The Hall–Kier alpha value is -3.86. The Morgan fingerprint density at radius 1 is 1.09 bits per heavy atom. The van der Waals surface area contributed by atoms with Gasteiger partial charge < -0.3 is 24.3 Å². The van der Waals surface area contributed by atoms with Crippen molar-refractivity contribution in [2.45, 2.75) is 50.5 Å². The molecule has 0 N–H and O–H groups in total. The van der Waals surface area contributed by atoms with Gasteiger partial charge in [-0.3, -0.25) is 19.6 Å². The molecule has 3 aromatic heterocycles. The molecule has 1 aromatic carbocycles. The van der Waals surface area contributed by atoms with Crippen molar-refractivity contribution in [3.8, 4) is 22.6 Å². The maximum atomic E-state index is 13.7. The molecular weight excluding hydrogens is 571 g/mol. The fraction of sp³-hybridized carbons (Fsp3) is 0.333. The summed E-state index contributed by atoms with van der Waals surface area (Å²) in [7, 11) is 0. The van der Waals surface area contributed by atoms with Crippen LogP contribution in [-0.2, 0) is 0 Å². The number of fused-ring (bicyclic) bond motifs is 2. The van der Waals surface area contributed by atoms with Gasteiger partial charge >= 0.3 is 29.6 Å². The number of piperidine rings is 1. The van der Waals surface area contributed by atoms with Crippen molar-refractivity contribution in [3.63, 3.8) is 0 Å². The van der Waals surface area contributed by atoms with Crippen molar-refractivity contribution in [1.29, 1.82) is 0 Å². The molecule has 11 heteroatoms. The SMILES string of the molecule is CCOc1cc(C(=O)N2CCC3(CC2)CC(=O)c2cc(-c4cncc(C(=O)[O-])c4)ccc2O3)nc2c(C3CC3)nccc12.[Na+]. The van der Waals surface area contributed by atoms with Crippen molar-refractivity contribution in [2.75, 3.05) is 19.7 Å². The molecule has 0 bridgehead atoms. The normalized spacial score (nSPS) is 17.0. The zero-order valence-corrected chi connectivity index (χ0v) is 26.7. The third-order valence-electron chi connectivity index (χ3n) is 8.56. The molecule has 0 radical (unpaired) electrons. The van der Waals surface area contributed by atoms with E-state index in [1.54, 1.807) is 41.6 Å². The second kappa shape index (κ2) is 11.9. The van der Waals surface area contributed by atoms with Crippen LogP contribution < -0.4 is 44.1 Å². The second-order valence-electron chi connectivity index (χ2n) is 11.4. The number of carbonyl (C=O) groups is 3. The van der Waals surface area contributed by atoms with Gasteiger partial charge in [0.15, 0.2) is 5.78 Å². The van der Waals surface area contributed by atoms with E-state index in [2.05, 4.69) is 9.97 Å². The molecule has 2 aliphatic heterocycles. The minimum absolute atomic E-state index is 0. The topological polar surface area (TPSA) is 135 Å². The number of ether oxygens (including phenoxy) is 2.